The first-order valence-electron chi connectivity index (χ1n) is 10.5. The number of carbonyl (C=O) groups excluding carboxylic acids is 1. The van der Waals surface area contributed by atoms with Gasteiger partial charge in [0.2, 0.25) is 5.91 Å². The van der Waals surface area contributed by atoms with Crippen LogP contribution in [-0.4, -0.2) is 47.5 Å². The summed E-state index contributed by atoms with van der Waals surface area (Å²) in [6.07, 6.45) is 3.04. The fraction of sp³-hybridized carbons (Fsp3) is 0.400. The van der Waals surface area contributed by atoms with Gasteiger partial charge in [0.1, 0.15) is 11.3 Å². The van der Waals surface area contributed by atoms with Gasteiger partial charge in [-0.1, -0.05) is 42.2 Å². The SMILES string of the molecule is COc1cccc(CN2C[C@@H]3C[C@@H](C#Cc4ccccc4)N4CCC[C@@]34C2=O)c1. The molecule has 0 saturated carbocycles. The third-order valence-electron chi connectivity index (χ3n) is 6.79. The molecule has 1 spiro atoms. The maximum absolute atomic E-state index is 13.6. The zero-order valence-electron chi connectivity index (χ0n) is 16.8. The summed E-state index contributed by atoms with van der Waals surface area (Å²) in [7, 11) is 1.68. The van der Waals surface area contributed by atoms with Crippen molar-refractivity contribution < 1.29 is 9.53 Å². The molecule has 2 aromatic carbocycles. The van der Waals surface area contributed by atoms with Crippen LogP contribution in [0.3, 0.4) is 0 Å². The minimum atomic E-state index is -0.325. The van der Waals surface area contributed by atoms with E-state index in [-0.39, 0.29) is 11.6 Å². The molecule has 4 nitrogen and oxygen atoms in total. The Labute approximate surface area is 172 Å². The zero-order chi connectivity index (χ0) is 19.8. The third-order valence-corrected chi connectivity index (χ3v) is 6.79. The van der Waals surface area contributed by atoms with E-state index in [0.717, 1.165) is 49.2 Å². The topological polar surface area (TPSA) is 32.8 Å². The molecule has 3 atom stereocenters. The van der Waals surface area contributed by atoms with Gasteiger partial charge in [-0.25, -0.2) is 0 Å². The average molecular weight is 386 g/mol. The van der Waals surface area contributed by atoms with Crippen LogP contribution in [0.25, 0.3) is 0 Å². The van der Waals surface area contributed by atoms with E-state index in [0.29, 0.717) is 18.4 Å². The Balaban J connectivity index is 1.36. The van der Waals surface area contributed by atoms with Crippen LogP contribution in [0.1, 0.15) is 30.4 Å². The molecule has 0 bridgehead atoms. The molecule has 148 valence electrons. The quantitative estimate of drug-likeness (QED) is 0.759. The molecule has 3 aliphatic rings. The first-order valence-corrected chi connectivity index (χ1v) is 10.5. The molecule has 3 fully saturated rings. The highest BCUT2D eigenvalue weighted by Gasteiger charge is 2.64. The summed E-state index contributed by atoms with van der Waals surface area (Å²) in [5.41, 5.74) is 1.84. The van der Waals surface area contributed by atoms with Crippen molar-refractivity contribution in [3.63, 3.8) is 0 Å². The molecule has 0 unspecified atom stereocenters. The molecule has 4 heteroatoms. The van der Waals surface area contributed by atoms with Gasteiger partial charge in [0.15, 0.2) is 0 Å². The molecule has 5 rings (SSSR count). The summed E-state index contributed by atoms with van der Waals surface area (Å²) in [6, 6.07) is 18.4. The van der Waals surface area contributed by atoms with Gasteiger partial charge in [0.25, 0.3) is 0 Å². The lowest BCUT2D eigenvalue weighted by molar-refractivity contribution is -0.137. The first-order chi connectivity index (χ1) is 14.2. The molecule has 3 heterocycles. The zero-order valence-corrected chi connectivity index (χ0v) is 16.8. The predicted octanol–water partition coefficient (Wildman–Crippen LogP) is 3.31. The van der Waals surface area contributed by atoms with E-state index in [1.165, 1.54) is 0 Å². The Morgan fingerprint density at radius 1 is 1.17 bits per heavy atom. The van der Waals surface area contributed by atoms with Crippen molar-refractivity contribution in [2.24, 2.45) is 5.92 Å². The number of methoxy groups -OCH3 is 1. The van der Waals surface area contributed by atoms with Crippen LogP contribution in [-0.2, 0) is 11.3 Å². The number of carbonyl (C=O) groups is 1. The largest absolute Gasteiger partial charge is 0.497 e. The number of nitrogens with zero attached hydrogens (tertiary/aromatic N) is 2. The summed E-state index contributed by atoms with van der Waals surface area (Å²) in [4.78, 5) is 18.0. The fourth-order valence-electron chi connectivity index (χ4n) is 5.53. The van der Waals surface area contributed by atoms with Crippen LogP contribution >= 0.6 is 0 Å². The summed E-state index contributed by atoms with van der Waals surface area (Å²) >= 11 is 0. The number of rotatable bonds is 3. The highest BCUT2D eigenvalue weighted by molar-refractivity contribution is 5.90. The van der Waals surface area contributed by atoms with Crippen molar-refractivity contribution >= 4 is 5.91 Å². The number of hydrogen-bond acceptors (Lipinski definition) is 3. The monoisotopic (exact) mass is 386 g/mol. The minimum Gasteiger partial charge on any atom is -0.497 e. The lowest BCUT2D eigenvalue weighted by Crippen LogP contribution is -2.51. The van der Waals surface area contributed by atoms with Gasteiger partial charge in [0.05, 0.1) is 13.2 Å². The van der Waals surface area contributed by atoms with Crippen molar-refractivity contribution in [3.05, 3.63) is 65.7 Å². The molecule has 1 amide bonds. The normalized spacial score (nSPS) is 28.0. The Bertz CT molecular complexity index is 977. The second-order valence-electron chi connectivity index (χ2n) is 8.34. The van der Waals surface area contributed by atoms with Crippen LogP contribution in [0.15, 0.2) is 54.6 Å². The van der Waals surface area contributed by atoms with Gasteiger partial charge in [-0.15, -0.1) is 0 Å². The molecule has 2 aromatic rings. The first kappa shape index (κ1) is 18.3. The predicted molar refractivity (Wildman–Crippen MR) is 112 cm³/mol. The molecular weight excluding hydrogens is 360 g/mol. The second-order valence-corrected chi connectivity index (χ2v) is 8.34. The van der Waals surface area contributed by atoms with Crippen LogP contribution in [0.5, 0.6) is 5.75 Å². The molecule has 3 aliphatic heterocycles. The molecule has 0 aromatic heterocycles. The van der Waals surface area contributed by atoms with Crippen molar-refractivity contribution in [1.82, 2.24) is 9.80 Å². The minimum absolute atomic E-state index is 0.186. The number of likely N-dealkylation sites (tertiary alicyclic amines) is 1. The van der Waals surface area contributed by atoms with Crippen LogP contribution in [0.4, 0.5) is 0 Å². The van der Waals surface area contributed by atoms with E-state index in [1.54, 1.807) is 7.11 Å². The molecule has 29 heavy (non-hydrogen) atoms. The van der Waals surface area contributed by atoms with E-state index in [4.69, 9.17) is 4.74 Å². The van der Waals surface area contributed by atoms with E-state index in [1.807, 2.05) is 48.5 Å². The molecule has 0 radical (unpaired) electrons. The summed E-state index contributed by atoms with van der Waals surface area (Å²) in [5.74, 6) is 8.33. The van der Waals surface area contributed by atoms with Gasteiger partial charge >= 0.3 is 0 Å². The number of benzene rings is 2. The lowest BCUT2D eigenvalue weighted by Gasteiger charge is -2.31. The Morgan fingerprint density at radius 3 is 2.86 bits per heavy atom. The average Bonchev–Trinajstić information content (AvgIpc) is 3.38. The number of ether oxygens (including phenoxy) is 1. The highest BCUT2D eigenvalue weighted by Crippen LogP contribution is 2.51. The standard InChI is InChI=1S/C25H26N2O2/c1-29-23-10-5-9-20(15-23)17-26-18-21-16-22(12-11-19-7-3-2-4-8-19)27-14-6-13-25(21,27)24(26)28/h2-5,7-10,15,21-22H,6,13-14,16-18H2,1H3/t21-,22+,25-/m0/s1. The van der Waals surface area contributed by atoms with Crippen LogP contribution < -0.4 is 4.74 Å². The van der Waals surface area contributed by atoms with Crippen LogP contribution in [0.2, 0.25) is 0 Å². The van der Waals surface area contributed by atoms with Crippen molar-refractivity contribution in [1.29, 1.82) is 0 Å². The smallest absolute Gasteiger partial charge is 0.243 e. The van der Waals surface area contributed by atoms with E-state index >= 15 is 0 Å². The molecular formula is C25H26N2O2. The summed E-state index contributed by atoms with van der Waals surface area (Å²) < 4.78 is 5.34. The molecule has 3 saturated heterocycles. The maximum atomic E-state index is 13.6. The lowest BCUT2D eigenvalue weighted by atomic mass is 9.86. The summed E-state index contributed by atoms with van der Waals surface area (Å²) in [6.45, 7) is 2.46. The van der Waals surface area contributed by atoms with Crippen molar-refractivity contribution in [2.45, 2.75) is 37.4 Å². The van der Waals surface area contributed by atoms with Crippen molar-refractivity contribution in [2.75, 3.05) is 20.2 Å². The Hall–Kier alpha value is -2.77. The number of hydrogen-bond donors (Lipinski definition) is 0. The molecule has 0 N–H and O–H groups in total. The van der Waals surface area contributed by atoms with E-state index in [2.05, 4.69) is 27.7 Å². The van der Waals surface area contributed by atoms with E-state index < -0.39 is 0 Å². The number of amides is 1. The second kappa shape index (κ2) is 7.24. The Morgan fingerprint density at radius 2 is 2.03 bits per heavy atom. The van der Waals surface area contributed by atoms with Gasteiger partial charge in [-0.05, 0) is 49.1 Å². The fourth-order valence-corrected chi connectivity index (χ4v) is 5.53. The Kier molecular flexibility index (Phi) is 4.56. The van der Waals surface area contributed by atoms with Gasteiger partial charge in [-0.3, -0.25) is 9.69 Å². The maximum Gasteiger partial charge on any atom is 0.243 e. The molecule has 0 aliphatic carbocycles. The van der Waals surface area contributed by atoms with Gasteiger partial charge < -0.3 is 9.64 Å². The van der Waals surface area contributed by atoms with Crippen molar-refractivity contribution in [3.8, 4) is 17.6 Å². The van der Waals surface area contributed by atoms with Gasteiger partial charge in [0, 0.05) is 31.1 Å². The van der Waals surface area contributed by atoms with Gasteiger partial charge in [-0.2, -0.15) is 0 Å². The summed E-state index contributed by atoms with van der Waals surface area (Å²) in [5, 5.41) is 0. The van der Waals surface area contributed by atoms with Crippen LogP contribution in [0, 0.1) is 17.8 Å². The highest BCUT2D eigenvalue weighted by atomic mass is 16.5. The van der Waals surface area contributed by atoms with E-state index in [9.17, 15) is 4.79 Å². The third kappa shape index (κ3) is 3.01.